The van der Waals surface area contributed by atoms with Crippen molar-refractivity contribution in [2.24, 2.45) is 5.92 Å². The van der Waals surface area contributed by atoms with Crippen LogP contribution < -0.4 is 16.0 Å². The summed E-state index contributed by atoms with van der Waals surface area (Å²) in [6, 6.07) is 9.16. The molecule has 11 nitrogen and oxygen atoms in total. The number of hydrogen-bond donors (Lipinski definition) is 4. The number of benzene rings is 2. The molecule has 0 radical (unpaired) electrons. The Morgan fingerprint density at radius 2 is 2.05 bits per heavy atom. The molecule has 3 heterocycles. The van der Waals surface area contributed by atoms with Crippen LogP contribution in [0.3, 0.4) is 0 Å². The number of H-pyrrole nitrogens is 1. The number of rotatable bonds is 4. The van der Waals surface area contributed by atoms with Crippen molar-refractivity contribution >= 4 is 40.9 Å². The summed E-state index contributed by atoms with van der Waals surface area (Å²) < 4.78 is 20.6. The van der Waals surface area contributed by atoms with Crippen LogP contribution in [-0.4, -0.2) is 44.5 Å². The highest BCUT2D eigenvalue weighted by Gasteiger charge is 2.23. The zero-order chi connectivity index (χ0) is 29.8. The van der Waals surface area contributed by atoms with Gasteiger partial charge in [-0.1, -0.05) is 37.4 Å². The Morgan fingerprint density at radius 3 is 2.86 bits per heavy atom. The van der Waals surface area contributed by atoms with E-state index in [2.05, 4.69) is 30.7 Å². The Bertz CT molecular complexity index is 1640. The molecule has 13 heteroatoms. The molecule has 0 aliphatic carbocycles. The van der Waals surface area contributed by atoms with Gasteiger partial charge in [0.2, 0.25) is 5.91 Å². The predicted molar refractivity (Wildman–Crippen MR) is 155 cm³/mol. The SMILES string of the molecule is COC(=O)Nc1ccc2c(c1)NC(=O)C[C@@H](C)CCC[C@H](NC(=O)c1cn(-c3cccc(Cl)c3F)cn1)c1nc-2c[nH]1. The van der Waals surface area contributed by atoms with Crippen LogP contribution >= 0.6 is 11.6 Å². The van der Waals surface area contributed by atoms with E-state index >= 15 is 0 Å². The summed E-state index contributed by atoms with van der Waals surface area (Å²) in [5.41, 5.74) is 2.35. The van der Waals surface area contributed by atoms with Gasteiger partial charge in [-0.05, 0) is 42.7 Å². The topological polar surface area (TPSA) is 143 Å². The van der Waals surface area contributed by atoms with Gasteiger partial charge in [-0.2, -0.15) is 0 Å². The number of methoxy groups -OCH3 is 1. The number of halogens is 2. The average molecular weight is 594 g/mol. The van der Waals surface area contributed by atoms with E-state index < -0.39 is 23.9 Å². The molecule has 2 aromatic carbocycles. The van der Waals surface area contributed by atoms with Gasteiger partial charge >= 0.3 is 6.09 Å². The number of carbonyl (C=O) groups is 3. The Morgan fingerprint density at radius 1 is 1.21 bits per heavy atom. The minimum Gasteiger partial charge on any atom is -0.453 e. The van der Waals surface area contributed by atoms with Gasteiger partial charge in [-0.15, -0.1) is 0 Å². The van der Waals surface area contributed by atoms with Crippen LogP contribution in [0, 0.1) is 11.7 Å². The first-order valence-corrected chi connectivity index (χ1v) is 13.7. The van der Waals surface area contributed by atoms with Crippen molar-refractivity contribution in [3.05, 3.63) is 77.5 Å². The summed E-state index contributed by atoms with van der Waals surface area (Å²) in [6.07, 6.45) is 6.17. The van der Waals surface area contributed by atoms with Crippen molar-refractivity contribution in [3.8, 4) is 16.9 Å². The molecule has 1 aliphatic rings. The number of hydrogen-bond acceptors (Lipinski definition) is 6. The van der Waals surface area contributed by atoms with Crippen molar-refractivity contribution < 1.29 is 23.5 Å². The van der Waals surface area contributed by atoms with Crippen LogP contribution in [0.1, 0.15) is 55.0 Å². The maximum absolute atomic E-state index is 14.5. The Hall–Kier alpha value is -4.71. The number of fused-ring (bicyclic) bond motifs is 4. The first-order valence-electron chi connectivity index (χ1n) is 13.4. The van der Waals surface area contributed by atoms with Crippen molar-refractivity contribution in [1.82, 2.24) is 24.8 Å². The van der Waals surface area contributed by atoms with E-state index in [0.29, 0.717) is 41.3 Å². The van der Waals surface area contributed by atoms with E-state index in [9.17, 15) is 18.8 Å². The molecule has 0 saturated heterocycles. The summed E-state index contributed by atoms with van der Waals surface area (Å²) in [5.74, 6) is -0.619. The largest absolute Gasteiger partial charge is 0.453 e. The van der Waals surface area contributed by atoms with Gasteiger partial charge in [0, 0.05) is 30.1 Å². The van der Waals surface area contributed by atoms with Gasteiger partial charge in [0.1, 0.15) is 17.8 Å². The summed E-state index contributed by atoms with van der Waals surface area (Å²) in [6.45, 7) is 2.00. The quantitative estimate of drug-likeness (QED) is 0.234. The number of aromatic nitrogens is 4. The van der Waals surface area contributed by atoms with E-state index in [0.717, 1.165) is 12.8 Å². The number of anilines is 2. The zero-order valence-electron chi connectivity index (χ0n) is 22.9. The number of imidazole rings is 2. The predicted octanol–water partition coefficient (Wildman–Crippen LogP) is 5.85. The molecule has 4 N–H and O–H groups in total. The van der Waals surface area contributed by atoms with Gasteiger partial charge in [-0.3, -0.25) is 14.9 Å². The Kier molecular flexibility index (Phi) is 8.53. The van der Waals surface area contributed by atoms with Crippen molar-refractivity contribution in [2.75, 3.05) is 17.7 Å². The minimum absolute atomic E-state index is 0.0338. The second-order valence-corrected chi connectivity index (χ2v) is 10.5. The van der Waals surface area contributed by atoms with Crippen LogP contribution in [0.15, 0.2) is 55.1 Å². The van der Waals surface area contributed by atoms with Crippen molar-refractivity contribution in [3.63, 3.8) is 0 Å². The molecule has 218 valence electrons. The normalized spacial score (nSPS) is 17.1. The molecule has 0 saturated carbocycles. The molecule has 0 unspecified atom stereocenters. The fourth-order valence-corrected chi connectivity index (χ4v) is 5.00. The first kappa shape index (κ1) is 28.8. The summed E-state index contributed by atoms with van der Waals surface area (Å²) in [5, 5.41) is 8.52. The molecular formula is C29H29ClFN7O4. The molecular weight excluding hydrogens is 565 g/mol. The second kappa shape index (κ2) is 12.4. The molecule has 5 rings (SSSR count). The lowest BCUT2D eigenvalue weighted by Crippen LogP contribution is -2.29. The summed E-state index contributed by atoms with van der Waals surface area (Å²) in [7, 11) is 1.26. The number of nitrogens with zero attached hydrogens (tertiary/aromatic N) is 3. The molecule has 0 fully saturated rings. The molecule has 4 aromatic rings. The first-order chi connectivity index (χ1) is 20.2. The second-order valence-electron chi connectivity index (χ2n) is 10.1. The summed E-state index contributed by atoms with van der Waals surface area (Å²) in [4.78, 5) is 50.0. The number of carbonyl (C=O) groups excluding carboxylic acids is 3. The lowest BCUT2D eigenvalue weighted by molar-refractivity contribution is -0.117. The summed E-state index contributed by atoms with van der Waals surface area (Å²) >= 11 is 5.91. The number of ether oxygens (including phenoxy) is 1. The third-order valence-electron chi connectivity index (χ3n) is 6.98. The highest BCUT2D eigenvalue weighted by atomic mass is 35.5. The van der Waals surface area contributed by atoms with Crippen LogP contribution in [0.5, 0.6) is 0 Å². The fourth-order valence-electron chi connectivity index (χ4n) is 4.83. The van der Waals surface area contributed by atoms with Gasteiger partial charge < -0.3 is 24.9 Å². The van der Waals surface area contributed by atoms with Gasteiger partial charge in [0.15, 0.2) is 5.82 Å². The number of amides is 3. The van der Waals surface area contributed by atoms with Gasteiger partial charge in [-0.25, -0.2) is 19.2 Å². The third kappa shape index (κ3) is 6.44. The van der Waals surface area contributed by atoms with Gasteiger partial charge in [0.05, 0.1) is 35.2 Å². The molecule has 2 bridgehead atoms. The lowest BCUT2D eigenvalue weighted by atomic mass is 9.97. The maximum Gasteiger partial charge on any atom is 0.411 e. The van der Waals surface area contributed by atoms with E-state index in [4.69, 9.17) is 16.6 Å². The highest BCUT2D eigenvalue weighted by molar-refractivity contribution is 6.30. The van der Waals surface area contributed by atoms with Crippen LogP contribution in [0.4, 0.5) is 20.6 Å². The standard InChI is InChI=1S/C29H29ClFN7O4/c1-16-5-3-7-20(37-28(40)23-14-38(15-33-23)24-8-4-6-19(30)26(24)31)27-32-13-22(36-27)18-10-9-17(34-29(41)42-2)12-21(18)35-25(39)11-16/h4,6,8-10,12-16,20H,3,5,7,11H2,1-2H3,(H,32,36)(H,34,41)(H,35,39)(H,37,40)/t16-,20-/m0/s1. The molecule has 0 spiro atoms. The van der Waals surface area contributed by atoms with E-state index in [1.54, 1.807) is 30.5 Å². The van der Waals surface area contributed by atoms with E-state index in [1.165, 1.54) is 36.3 Å². The fraction of sp³-hybridized carbons (Fsp3) is 0.276. The zero-order valence-corrected chi connectivity index (χ0v) is 23.7. The molecule has 2 atom stereocenters. The van der Waals surface area contributed by atoms with Crippen LogP contribution in [-0.2, 0) is 9.53 Å². The maximum atomic E-state index is 14.5. The molecule has 1 aliphatic heterocycles. The molecule has 42 heavy (non-hydrogen) atoms. The van der Waals surface area contributed by atoms with Crippen molar-refractivity contribution in [2.45, 2.75) is 38.6 Å². The highest BCUT2D eigenvalue weighted by Crippen LogP contribution is 2.32. The number of nitrogens with one attached hydrogen (secondary N) is 4. The Balaban J connectivity index is 1.42. The molecule has 2 aromatic heterocycles. The smallest absolute Gasteiger partial charge is 0.411 e. The number of aromatic amines is 1. The van der Waals surface area contributed by atoms with Crippen LogP contribution in [0.25, 0.3) is 16.9 Å². The average Bonchev–Trinajstić information content (AvgIpc) is 3.64. The van der Waals surface area contributed by atoms with Gasteiger partial charge in [0.25, 0.3) is 5.91 Å². The molecule has 3 amide bonds. The Labute approximate surface area is 245 Å². The van der Waals surface area contributed by atoms with Crippen LogP contribution in [0.2, 0.25) is 5.02 Å². The third-order valence-corrected chi connectivity index (χ3v) is 7.27. The van der Waals surface area contributed by atoms with Crippen molar-refractivity contribution in [1.29, 1.82) is 0 Å². The minimum atomic E-state index is -0.636. The monoisotopic (exact) mass is 593 g/mol. The lowest BCUT2D eigenvalue weighted by Gasteiger charge is -2.17. The van der Waals surface area contributed by atoms with E-state index in [-0.39, 0.29) is 28.2 Å². The van der Waals surface area contributed by atoms with E-state index in [1.807, 2.05) is 6.92 Å².